The third-order valence-corrected chi connectivity index (χ3v) is 5.07. The maximum Gasteiger partial charge on any atom is 0.235 e. The summed E-state index contributed by atoms with van der Waals surface area (Å²) in [4.78, 5) is 12.7. The highest BCUT2D eigenvalue weighted by Gasteiger charge is 2.51. The van der Waals surface area contributed by atoms with Gasteiger partial charge in [-0.05, 0) is 59.0 Å². The lowest BCUT2D eigenvalue weighted by molar-refractivity contribution is -0.118. The predicted molar refractivity (Wildman–Crippen MR) is 89.9 cm³/mol. The molecule has 0 aromatic heterocycles. The minimum Gasteiger partial charge on any atom is -0.324 e. The van der Waals surface area contributed by atoms with Gasteiger partial charge in [0.2, 0.25) is 5.91 Å². The lowest BCUT2D eigenvalue weighted by atomic mass is 9.95. The number of carbonyl (C=O) groups excluding carboxylic acids is 1. The van der Waals surface area contributed by atoms with Crippen molar-refractivity contribution in [3.8, 4) is 0 Å². The van der Waals surface area contributed by atoms with Crippen molar-refractivity contribution in [3.05, 3.63) is 63.1 Å². The molecule has 0 spiro atoms. The van der Waals surface area contributed by atoms with Crippen molar-refractivity contribution >= 4 is 39.1 Å². The molecule has 0 heterocycles. The number of carbonyl (C=O) groups is 1. The van der Waals surface area contributed by atoms with Crippen LogP contribution >= 0.6 is 27.5 Å². The van der Waals surface area contributed by atoms with E-state index in [4.69, 9.17) is 11.6 Å². The minimum atomic E-state index is -0.377. The molecule has 1 aliphatic rings. The molecule has 1 fully saturated rings. The van der Waals surface area contributed by atoms with Crippen molar-refractivity contribution in [1.29, 1.82) is 0 Å². The highest BCUT2D eigenvalue weighted by molar-refractivity contribution is 9.10. The molecule has 0 bridgehead atoms. The summed E-state index contributed by atoms with van der Waals surface area (Å²) in [5, 5.41) is 3.66. The van der Waals surface area contributed by atoms with Crippen LogP contribution in [-0.2, 0) is 10.2 Å². The van der Waals surface area contributed by atoms with Gasteiger partial charge in [-0.1, -0.05) is 41.9 Å². The van der Waals surface area contributed by atoms with Crippen molar-refractivity contribution in [1.82, 2.24) is 0 Å². The first-order chi connectivity index (χ1) is 10.0. The average Bonchev–Trinajstić information content (AvgIpc) is 3.27. The standard InChI is InChI=1S/C17H15BrClNO/c1-11-9-13(18)15(10-14(11)19)20-16(21)17(7-8-17)12-5-3-2-4-6-12/h2-6,9-10H,7-8H2,1H3,(H,20,21). The molecular formula is C17H15BrClNO. The predicted octanol–water partition coefficient (Wildman–Crippen LogP) is 5.08. The number of nitrogens with one attached hydrogen (secondary N) is 1. The van der Waals surface area contributed by atoms with Crippen LogP contribution in [0.4, 0.5) is 5.69 Å². The lowest BCUT2D eigenvalue weighted by Gasteiger charge is -2.17. The molecule has 2 aromatic carbocycles. The third kappa shape index (κ3) is 2.72. The monoisotopic (exact) mass is 363 g/mol. The van der Waals surface area contributed by atoms with E-state index in [1.165, 1.54) is 0 Å². The van der Waals surface area contributed by atoms with E-state index >= 15 is 0 Å². The summed E-state index contributed by atoms with van der Waals surface area (Å²) in [6.07, 6.45) is 1.78. The summed E-state index contributed by atoms with van der Waals surface area (Å²) in [5.74, 6) is 0.0364. The van der Waals surface area contributed by atoms with Gasteiger partial charge in [0.1, 0.15) is 0 Å². The van der Waals surface area contributed by atoms with Crippen LogP contribution in [0.5, 0.6) is 0 Å². The van der Waals surface area contributed by atoms with Crippen molar-refractivity contribution in [2.45, 2.75) is 25.2 Å². The molecule has 3 rings (SSSR count). The van der Waals surface area contributed by atoms with E-state index in [0.717, 1.165) is 34.1 Å². The highest BCUT2D eigenvalue weighted by Crippen LogP contribution is 2.49. The maximum absolute atomic E-state index is 12.7. The molecule has 2 aromatic rings. The smallest absolute Gasteiger partial charge is 0.235 e. The van der Waals surface area contributed by atoms with Crippen LogP contribution in [0.15, 0.2) is 46.9 Å². The van der Waals surface area contributed by atoms with Crippen molar-refractivity contribution in [3.63, 3.8) is 0 Å². The second kappa shape index (κ2) is 5.47. The molecule has 1 saturated carbocycles. The molecule has 2 nitrogen and oxygen atoms in total. The Balaban J connectivity index is 1.86. The summed E-state index contributed by atoms with van der Waals surface area (Å²) in [5.41, 5.74) is 2.40. The Kier molecular flexibility index (Phi) is 3.80. The normalized spacial score (nSPS) is 15.6. The molecule has 0 saturated heterocycles. The van der Waals surface area contributed by atoms with E-state index in [9.17, 15) is 4.79 Å². The summed E-state index contributed by atoms with van der Waals surface area (Å²) < 4.78 is 0.849. The molecular weight excluding hydrogens is 350 g/mol. The molecule has 0 radical (unpaired) electrons. The first-order valence-electron chi connectivity index (χ1n) is 6.85. The Morgan fingerprint density at radius 1 is 1.24 bits per heavy atom. The van der Waals surface area contributed by atoms with Gasteiger partial charge in [-0.25, -0.2) is 0 Å². The molecule has 0 unspecified atom stereocenters. The van der Waals surface area contributed by atoms with Gasteiger partial charge in [0.05, 0.1) is 11.1 Å². The Hall–Kier alpha value is -1.32. The molecule has 1 N–H and O–H groups in total. The molecule has 0 atom stereocenters. The van der Waals surface area contributed by atoms with Crippen LogP contribution in [0.1, 0.15) is 24.0 Å². The van der Waals surface area contributed by atoms with Gasteiger partial charge in [-0.2, -0.15) is 0 Å². The van der Waals surface area contributed by atoms with Crippen LogP contribution in [0, 0.1) is 6.92 Å². The molecule has 1 amide bonds. The Labute approximate surface area is 137 Å². The van der Waals surface area contributed by atoms with Crippen LogP contribution < -0.4 is 5.32 Å². The van der Waals surface area contributed by atoms with Crippen LogP contribution in [-0.4, -0.2) is 5.91 Å². The summed E-state index contributed by atoms with van der Waals surface area (Å²) >= 11 is 9.62. The quantitative estimate of drug-likeness (QED) is 0.808. The van der Waals surface area contributed by atoms with Gasteiger partial charge in [-0.3, -0.25) is 4.79 Å². The first-order valence-corrected chi connectivity index (χ1v) is 8.03. The van der Waals surface area contributed by atoms with Crippen molar-refractivity contribution < 1.29 is 4.79 Å². The second-order valence-corrected chi connectivity index (χ2v) is 6.75. The largest absolute Gasteiger partial charge is 0.324 e. The number of benzene rings is 2. The van der Waals surface area contributed by atoms with Gasteiger partial charge >= 0.3 is 0 Å². The topological polar surface area (TPSA) is 29.1 Å². The zero-order chi connectivity index (χ0) is 15.0. The summed E-state index contributed by atoms with van der Waals surface area (Å²) in [6, 6.07) is 13.7. The number of aryl methyl sites for hydroxylation is 1. The minimum absolute atomic E-state index is 0.0364. The van der Waals surface area contributed by atoms with Gasteiger partial charge in [0.25, 0.3) is 0 Å². The van der Waals surface area contributed by atoms with E-state index < -0.39 is 0 Å². The summed E-state index contributed by atoms with van der Waals surface area (Å²) in [7, 11) is 0. The van der Waals surface area contributed by atoms with E-state index in [1.54, 1.807) is 6.07 Å². The van der Waals surface area contributed by atoms with Crippen LogP contribution in [0.3, 0.4) is 0 Å². The number of rotatable bonds is 3. The van der Waals surface area contributed by atoms with Crippen LogP contribution in [0.25, 0.3) is 0 Å². The van der Waals surface area contributed by atoms with Gasteiger partial charge in [0.15, 0.2) is 0 Å². The number of amides is 1. The zero-order valence-corrected chi connectivity index (χ0v) is 14.0. The van der Waals surface area contributed by atoms with Crippen LogP contribution in [0.2, 0.25) is 5.02 Å². The van der Waals surface area contributed by atoms with E-state index in [2.05, 4.69) is 21.2 Å². The first kappa shape index (κ1) is 14.6. The summed E-state index contributed by atoms with van der Waals surface area (Å²) in [6.45, 7) is 1.94. The number of halogens is 2. The van der Waals surface area contributed by atoms with Gasteiger partial charge < -0.3 is 5.32 Å². The van der Waals surface area contributed by atoms with Crippen molar-refractivity contribution in [2.75, 3.05) is 5.32 Å². The Morgan fingerprint density at radius 2 is 1.90 bits per heavy atom. The second-order valence-electron chi connectivity index (χ2n) is 5.48. The average molecular weight is 365 g/mol. The Morgan fingerprint density at radius 3 is 2.52 bits per heavy atom. The maximum atomic E-state index is 12.7. The fourth-order valence-electron chi connectivity index (χ4n) is 2.51. The molecule has 4 heteroatoms. The third-order valence-electron chi connectivity index (χ3n) is 4.01. The number of anilines is 1. The molecule has 0 aliphatic heterocycles. The Bertz CT molecular complexity index is 695. The fourth-order valence-corrected chi connectivity index (χ4v) is 3.23. The van der Waals surface area contributed by atoms with E-state index in [0.29, 0.717) is 5.02 Å². The number of hydrogen-bond acceptors (Lipinski definition) is 1. The fraction of sp³-hybridized carbons (Fsp3) is 0.235. The highest BCUT2D eigenvalue weighted by atomic mass is 79.9. The molecule has 21 heavy (non-hydrogen) atoms. The number of hydrogen-bond donors (Lipinski definition) is 1. The SMILES string of the molecule is Cc1cc(Br)c(NC(=O)C2(c3ccccc3)CC2)cc1Cl. The van der Waals surface area contributed by atoms with E-state index in [1.807, 2.05) is 43.3 Å². The molecule has 108 valence electrons. The van der Waals surface area contributed by atoms with E-state index in [-0.39, 0.29) is 11.3 Å². The zero-order valence-electron chi connectivity index (χ0n) is 11.6. The van der Waals surface area contributed by atoms with Crippen molar-refractivity contribution in [2.24, 2.45) is 0 Å². The van der Waals surface area contributed by atoms with Gasteiger partial charge in [-0.15, -0.1) is 0 Å². The molecule has 1 aliphatic carbocycles. The van der Waals surface area contributed by atoms with Gasteiger partial charge in [0, 0.05) is 9.50 Å². The lowest BCUT2D eigenvalue weighted by Crippen LogP contribution is -2.27.